The van der Waals surface area contributed by atoms with Crippen molar-refractivity contribution in [1.82, 2.24) is 14.5 Å². The van der Waals surface area contributed by atoms with E-state index in [2.05, 4.69) is 40.7 Å². The third kappa shape index (κ3) is 3.42. The molecule has 0 atom stereocenters. The van der Waals surface area contributed by atoms with Crippen molar-refractivity contribution in [1.29, 1.82) is 0 Å². The highest BCUT2D eigenvalue weighted by Gasteiger charge is 2.22. The molecule has 102 valence electrons. The predicted octanol–water partition coefficient (Wildman–Crippen LogP) is 2.98. The smallest absolute Gasteiger partial charge is 0.134 e. The lowest BCUT2D eigenvalue weighted by Gasteiger charge is -2.33. The van der Waals surface area contributed by atoms with Gasteiger partial charge < -0.3 is 5.32 Å². The van der Waals surface area contributed by atoms with Crippen LogP contribution in [0.4, 0.5) is 5.00 Å². The van der Waals surface area contributed by atoms with Crippen molar-refractivity contribution in [3.63, 3.8) is 0 Å². The molecule has 1 aliphatic rings. The highest BCUT2D eigenvalue weighted by molar-refractivity contribution is 7.10. The van der Waals surface area contributed by atoms with E-state index in [4.69, 9.17) is 0 Å². The number of hydrogen-bond donors (Lipinski definition) is 1. The zero-order valence-corrected chi connectivity index (χ0v) is 12.5. The van der Waals surface area contributed by atoms with Gasteiger partial charge in [0.15, 0.2) is 0 Å². The Morgan fingerprint density at radius 2 is 2.06 bits per heavy atom. The summed E-state index contributed by atoms with van der Waals surface area (Å²) in [5.41, 5.74) is 1.10. The van der Waals surface area contributed by atoms with Crippen LogP contribution in [0.2, 0.25) is 0 Å². The van der Waals surface area contributed by atoms with E-state index in [0.717, 1.165) is 35.7 Å². The van der Waals surface area contributed by atoms with Gasteiger partial charge in [0, 0.05) is 30.7 Å². The molecule has 0 radical (unpaired) electrons. The molecule has 2 rings (SSSR count). The lowest BCUT2D eigenvalue weighted by Crippen LogP contribution is -2.34. The highest BCUT2D eigenvalue weighted by Crippen LogP contribution is 2.28. The Hall–Kier alpha value is -0.680. The molecule has 1 aromatic heterocycles. The lowest BCUT2D eigenvalue weighted by molar-refractivity contribution is 0.162. The van der Waals surface area contributed by atoms with Crippen molar-refractivity contribution >= 4 is 16.5 Å². The van der Waals surface area contributed by atoms with E-state index in [1.165, 1.54) is 37.2 Å². The summed E-state index contributed by atoms with van der Waals surface area (Å²) in [4.78, 5) is 2.45. The largest absolute Gasteiger partial charge is 0.374 e. The first kappa shape index (κ1) is 13.7. The summed E-state index contributed by atoms with van der Waals surface area (Å²) in [6.45, 7) is 6.32. The van der Waals surface area contributed by atoms with Gasteiger partial charge >= 0.3 is 0 Å². The van der Waals surface area contributed by atoms with Crippen LogP contribution in [0.25, 0.3) is 0 Å². The van der Waals surface area contributed by atoms with Crippen molar-refractivity contribution in [2.45, 2.75) is 52.1 Å². The van der Waals surface area contributed by atoms with Gasteiger partial charge in [-0.2, -0.15) is 0 Å². The molecule has 0 saturated heterocycles. The molecule has 5 heteroatoms. The van der Waals surface area contributed by atoms with Crippen LogP contribution >= 0.6 is 11.5 Å². The lowest BCUT2D eigenvalue weighted by atomic mass is 9.87. The first-order valence-electron chi connectivity index (χ1n) is 6.96. The van der Waals surface area contributed by atoms with Crippen LogP contribution in [0.3, 0.4) is 0 Å². The van der Waals surface area contributed by atoms with Crippen LogP contribution in [0, 0.1) is 5.92 Å². The maximum atomic E-state index is 4.25. The third-order valence-electron chi connectivity index (χ3n) is 3.90. The minimum atomic E-state index is 0.720. The minimum Gasteiger partial charge on any atom is -0.374 e. The molecule has 1 heterocycles. The van der Waals surface area contributed by atoms with Gasteiger partial charge in [0.25, 0.3) is 0 Å². The topological polar surface area (TPSA) is 41.1 Å². The molecule has 1 N–H and O–H groups in total. The Morgan fingerprint density at radius 3 is 2.72 bits per heavy atom. The number of nitrogens with one attached hydrogen (secondary N) is 1. The van der Waals surface area contributed by atoms with Gasteiger partial charge in [-0.15, -0.1) is 5.10 Å². The molecular weight excluding hydrogens is 244 g/mol. The Labute approximate surface area is 114 Å². The fourth-order valence-electron chi connectivity index (χ4n) is 2.66. The quantitative estimate of drug-likeness (QED) is 0.891. The molecule has 1 aliphatic carbocycles. The first-order chi connectivity index (χ1) is 8.70. The molecule has 1 fully saturated rings. The molecule has 0 unspecified atom stereocenters. The van der Waals surface area contributed by atoms with Crippen LogP contribution in [0.15, 0.2) is 0 Å². The SMILES string of the molecule is CCNc1snnc1CN(C)C1CCC(C)CC1. The Bertz CT molecular complexity index is 358. The summed E-state index contributed by atoms with van der Waals surface area (Å²) in [6.07, 6.45) is 5.38. The van der Waals surface area contributed by atoms with Crippen LogP contribution in [-0.4, -0.2) is 34.1 Å². The Kier molecular flexibility index (Phi) is 4.95. The summed E-state index contributed by atoms with van der Waals surface area (Å²) < 4.78 is 4.05. The zero-order chi connectivity index (χ0) is 13.0. The van der Waals surface area contributed by atoms with E-state index in [9.17, 15) is 0 Å². The van der Waals surface area contributed by atoms with E-state index >= 15 is 0 Å². The molecule has 0 aromatic carbocycles. The van der Waals surface area contributed by atoms with Gasteiger partial charge in [-0.25, -0.2) is 0 Å². The van der Waals surface area contributed by atoms with Crippen LogP contribution in [-0.2, 0) is 6.54 Å². The Balaban J connectivity index is 1.90. The number of rotatable bonds is 5. The highest BCUT2D eigenvalue weighted by atomic mass is 32.1. The third-order valence-corrected chi connectivity index (χ3v) is 4.63. The number of nitrogens with zero attached hydrogens (tertiary/aromatic N) is 3. The second kappa shape index (κ2) is 6.48. The molecule has 0 bridgehead atoms. The number of hydrogen-bond acceptors (Lipinski definition) is 5. The molecule has 1 aromatic rings. The second-order valence-corrected chi connectivity index (χ2v) is 6.16. The molecule has 4 nitrogen and oxygen atoms in total. The van der Waals surface area contributed by atoms with E-state index < -0.39 is 0 Å². The standard InChI is InChI=1S/C13H24N4S/c1-4-14-13-12(15-16-18-13)9-17(3)11-7-5-10(2)6-8-11/h10-11,14H,4-9H2,1-3H3. The second-order valence-electron chi connectivity index (χ2n) is 5.41. The van der Waals surface area contributed by atoms with Gasteiger partial charge in [-0.05, 0) is 45.6 Å². The normalized spacial score (nSPS) is 24.4. The summed E-state index contributed by atoms with van der Waals surface area (Å²) in [5, 5.41) is 8.72. The fourth-order valence-corrected chi connectivity index (χ4v) is 3.30. The van der Waals surface area contributed by atoms with Crippen LogP contribution < -0.4 is 5.32 Å². The number of aromatic nitrogens is 2. The zero-order valence-electron chi connectivity index (χ0n) is 11.6. The molecular formula is C13H24N4S. The van der Waals surface area contributed by atoms with Crippen LogP contribution in [0.1, 0.15) is 45.2 Å². The fraction of sp³-hybridized carbons (Fsp3) is 0.846. The maximum absolute atomic E-state index is 4.25. The van der Waals surface area contributed by atoms with Gasteiger partial charge in [0.1, 0.15) is 10.7 Å². The van der Waals surface area contributed by atoms with Crippen molar-refractivity contribution in [2.24, 2.45) is 5.92 Å². The van der Waals surface area contributed by atoms with Crippen molar-refractivity contribution < 1.29 is 0 Å². The molecule has 0 aliphatic heterocycles. The van der Waals surface area contributed by atoms with Crippen molar-refractivity contribution in [2.75, 3.05) is 18.9 Å². The summed E-state index contributed by atoms with van der Waals surface area (Å²) in [5.74, 6) is 0.910. The summed E-state index contributed by atoms with van der Waals surface area (Å²) in [6, 6.07) is 0.720. The molecule has 0 amide bonds. The van der Waals surface area contributed by atoms with Gasteiger partial charge in [-0.1, -0.05) is 11.4 Å². The predicted molar refractivity (Wildman–Crippen MR) is 77.0 cm³/mol. The monoisotopic (exact) mass is 268 g/mol. The summed E-state index contributed by atoms with van der Waals surface area (Å²) in [7, 11) is 2.22. The number of anilines is 1. The molecule has 18 heavy (non-hydrogen) atoms. The minimum absolute atomic E-state index is 0.720. The average molecular weight is 268 g/mol. The molecule has 0 spiro atoms. The van der Waals surface area contributed by atoms with Crippen molar-refractivity contribution in [3.05, 3.63) is 5.69 Å². The van der Waals surface area contributed by atoms with Crippen molar-refractivity contribution in [3.8, 4) is 0 Å². The van der Waals surface area contributed by atoms with Gasteiger partial charge in [0.2, 0.25) is 0 Å². The van der Waals surface area contributed by atoms with Gasteiger partial charge in [0.05, 0.1) is 0 Å². The van der Waals surface area contributed by atoms with E-state index in [0.29, 0.717) is 0 Å². The average Bonchev–Trinajstić information content (AvgIpc) is 2.78. The van der Waals surface area contributed by atoms with E-state index in [-0.39, 0.29) is 0 Å². The van der Waals surface area contributed by atoms with E-state index in [1.807, 2.05) is 0 Å². The summed E-state index contributed by atoms with van der Waals surface area (Å²) >= 11 is 1.46. The maximum Gasteiger partial charge on any atom is 0.134 e. The van der Waals surface area contributed by atoms with E-state index in [1.54, 1.807) is 0 Å². The molecule has 1 saturated carbocycles. The first-order valence-corrected chi connectivity index (χ1v) is 7.73. The van der Waals surface area contributed by atoms with Gasteiger partial charge in [-0.3, -0.25) is 4.90 Å². The van der Waals surface area contributed by atoms with Crippen LogP contribution in [0.5, 0.6) is 0 Å². The Morgan fingerprint density at radius 1 is 1.33 bits per heavy atom.